The summed E-state index contributed by atoms with van der Waals surface area (Å²) >= 11 is 0. The van der Waals surface area contributed by atoms with Crippen molar-refractivity contribution in [3.8, 4) is 5.75 Å². The van der Waals surface area contributed by atoms with E-state index in [9.17, 15) is 26.3 Å². The Balaban J connectivity index is 2.45. The molecule has 0 N–H and O–H groups in total. The Bertz CT molecular complexity index is 976. The van der Waals surface area contributed by atoms with E-state index in [4.69, 9.17) is 13.8 Å². The summed E-state index contributed by atoms with van der Waals surface area (Å²) in [4.78, 5) is 0. The molecule has 10 heteroatoms. The Labute approximate surface area is 187 Å². The number of hydrogen-bond donors (Lipinski definition) is 0. The molecule has 0 spiro atoms. The average Bonchev–Trinajstić information content (AvgIpc) is 2.80. The van der Waals surface area contributed by atoms with Gasteiger partial charge in [0, 0.05) is 0 Å². The fourth-order valence-corrected chi connectivity index (χ4v) is 8.34. The topological polar surface area (TPSA) is 27.7 Å². The first-order chi connectivity index (χ1) is 15.5. The maximum absolute atomic E-state index is 13.5. The Morgan fingerprint density at radius 2 is 0.939 bits per heavy atom. The molecular formula is C23H21F6O3P. The molecular weight excluding hydrogens is 469 g/mol. The van der Waals surface area contributed by atoms with Gasteiger partial charge in [0.05, 0.1) is 0 Å². The van der Waals surface area contributed by atoms with Crippen molar-refractivity contribution >= 4 is 23.0 Å². The molecule has 0 saturated carbocycles. The van der Waals surface area contributed by atoms with E-state index in [1.54, 1.807) is 12.1 Å². The normalized spacial score (nSPS) is 13.8. The first-order valence-electron chi connectivity index (χ1n) is 9.71. The van der Waals surface area contributed by atoms with E-state index < -0.39 is 32.6 Å². The molecule has 0 bridgehead atoms. The van der Waals surface area contributed by atoms with Crippen LogP contribution in [0.2, 0.25) is 0 Å². The van der Waals surface area contributed by atoms with Gasteiger partial charge in [0.1, 0.15) is 0 Å². The third kappa shape index (κ3) is 5.16. The number of benzene rings is 3. The van der Waals surface area contributed by atoms with Crippen molar-refractivity contribution < 1.29 is 40.1 Å². The molecule has 178 valence electrons. The van der Waals surface area contributed by atoms with Gasteiger partial charge in [0.25, 0.3) is 0 Å². The van der Waals surface area contributed by atoms with E-state index in [0.29, 0.717) is 5.75 Å². The van der Waals surface area contributed by atoms with Crippen molar-refractivity contribution in [2.45, 2.75) is 12.4 Å². The monoisotopic (exact) mass is 490 g/mol. The van der Waals surface area contributed by atoms with Crippen LogP contribution in [0.15, 0.2) is 84.9 Å². The van der Waals surface area contributed by atoms with Crippen molar-refractivity contribution in [3.63, 3.8) is 0 Å². The number of hydrogen-bond acceptors (Lipinski definition) is 3. The van der Waals surface area contributed by atoms with E-state index >= 15 is 0 Å². The zero-order valence-electron chi connectivity index (χ0n) is 17.4. The van der Waals surface area contributed by atoms with E-state index in [0.717, 1.165) is 0 Å². The zero-order chi connectivity index (χ0) is 24.2. The van der Waals surface area contributed by atoms with Crippen LogP contribution in [-0.2, 0) is 9.05 Å². The van der Waals surface area contributed by atoms with Crippen LogP contribution in [0, 0.1) is 0 Å². The molecule has 0 saturated heterocycles. The molecule has 3 rings (SSSR count). The van der Waals surface area contributed by atoms with Crippen LogP contribution in [0.5, 0.6) is 5.75 Å². The molecule has 0 fully saturated rings. The van der Waals surface area contributed by atoms with Gasteiger partial charge in [-0.2, -0.15) is 0 Å². The quantitative estimate of drug-likeness (QED) is 0.308. The van der Waals surface area contributed by atoms with Crippen molar-refractivity contribution in [1.82, 2.24) is 0 Å². The molecule has 0 aliphatic carbocycles. The van der Waals surface area contributed by atoms with Crippen LogP contribution in [0.3, 0.4) is 0 Å². The predicted molar refractivity (Wildman–Crippen MR) is 116 cm³/mol. The average molecular weight is 490 g/mol. The summed E-state index contributed by atoms with van der Waals surface area (Å²) < 4.78 is 97.4. The molecule has 0 aromatic heterocycles. The molecule has 33 heavy (non-hydrogen) atoms. The zero-order valence-corrected chi connectivity index (χ0v) is 18.3. The van der Waals surface area contributed by atoms with Crippen LogP contribution >= 0.6 is 7.06 Å². The molecule has 0 aliphatic heterocycles. The van der Waals surface area contributed by atoms with Gasteiger partial charge in [-0.1, -0.05) is 0 Å². The van der Waals surface area contributed by atoms with Gasteiger partial charge >= 0.3 is 186 Å². The van der Waals surface area contributed by atoms with Gasteiger partial charge in [0.2, 0.25) is 0 Å². The second-order valence-electron chi connectivity index (χ2n) is 7.10. The first kappa shape index (κ1) is 25.0. The number of methoxy groups -OCH3 is 1. The van der Waals surface area contributed by atoms with Gasteiger partial charge in [-0.25, -0.2) is 0 Å². The Hall–Kier alpha value is -2.61. The maximum atomic E-state index is 13.5. The van der Waals surface area contributed by atoms with Gasteiger partial charge in [0.15, 0.2) is 0 Å². The van der Waals surface area contributed by atoms with Gasteiger partial charge in [-0.3, -0.25) is 0 Å². The van der Waals surface area contributed by atoms with Crippen molar-refractivity contribution in [3.05, 3.63) is 84.9 Å². The minimum absolute atomic E-state index is 0.0349. The predicted octanol–water partition coefficient (Wildman–Crippen LogP) is 5.51. The van der Waals surface area contributed by atoms with Crippen molar-refractivity contribution in [2.75, 3.05) is 20.3 Å². The van der Waals surface area contributed by atoms with Crippen LogP contribution < -0.4 is 20.7 Å². The Morgan fingerprint density at radius 1 is 0.576 bits per heavy atom. The Kier molecular flexibility index (Phi) is 7.07. The van der Waals surface area contributed by atoms with Gasteiger partial charge in [-0.15, -0.1) is 0 Å². The standard InChI is InChI=1S/C23H21F6O3P/c1-30-18-12-14-21(15-13-18)33(31-16-22(24,25)26,32-17-23(27,28)29,19-8-4-2-5-9-19)20-10-6-3-7-11-20/h2-15H,16-17H2,1H3. The molecule has 0 atom stereocenters. The van der Waals surface area contributed by atoms with E-state index in [-0.39, 0.29) is 15.9 Å². The SMILES string of the molecule is COc1ccc(P(OCC(F)(F)F)(OCC(F)(F)F)(c2ccccc2)c2ccccc2)cc1. The number of halogens is 6. The summed E-state index contributed by atoms with van der Waals surface area (Å²) in [7, 11) is -3.86. The van der Waals surface area contributed by atoms with Gasteiger partial charge < -0.3 is 0 Å². The summed E-state index contributed by atoms with van der Waals surface area (Å²) in [6.07, 6.45) is -9.67. The summed E-state index contributed by atoms with van der Waals surface area (Å²) in [6, 6.07) is 20.6. The van der Waals surface area contributed by atoms with Crippen LogP contribution in [0.25, 0.3) is 0 Å². The summed E-state index contributed by atoms with van der Waals surface area (Å²) in [5.74, 6) is 0.364. The van der Waals surface area contributed by atoms with E-state index in [1.807, 2.05) is 0 Å². The third-order valence-electron chi connectivity index (χ3n) is 4.94. The molecule has 3 aromatic rings. The van der Waals surface area contributed by atoms with Gasteiger partial charge in [-0.05, 0) is 0 Å². The fraction of sp³-hybridized carbons (Fsp3) is 0.217. The fourth-order valence-electron chi connectivity index (χ4n) is 3.58. The summed E-state index contributed by atoms with van der Waals surface area (Å²) in [6.45, 7) is -3.64. The number of alkyl halides is 6. The second kappa shape index (κ2) is 9.33. The van der Waals surface area contributed by atoms with Crippen LogP contribution in [0.4, 0.5) is 26.3 Å². The van der Waals surface area contributed by atoms with E-state index in [1.165, 1.54) is 79.9 Å². The molecule has 0 heterocycles. The molecule has 0 amide bonds. The molecule has 0 radical (unpaired) electrons. The summed E-state index contributed by atoms with van der Waals surface area (Å²) in [5, 5.41) is 0.162. The van der Waals surface area contributed by atoms with E-state index in [2.05, 4.69) is 0 Å². The Morgan fingerprint density at radius 3 is 1.27 bits per heavy atom. The van der Waals surface area contributed by atoms with Crippen molar-refractivity contribution in [1.29, 1.82) is 0 Å². The minimum atomic E-state index is -5.25. The second-order valence-corrected chi connectivity index (χ2v) is 11.1. The molecule has 0 unspecified atom stereocenters. The first-order valence-corrected chi connectivity index (χ1v) is 11.8. The van der Waals surface area contributed by atoms with Crippen molar-refractivity contribution in [2.24, 2.45) is 0 Å². The summed E-state index contributed by atoms with van der Waals surface area (Å²) in [5.41, 5.74) is 0. The molecule has 0 aliphatic rings. The number of ether oxygens (including phenoxy) is 1. The molecule has 3 nitrogen and oxygen atoms in total. The van der Waals surface area contributed by atoms with Crippen LogP contribution in [-0.4, -0.2) is 32.7 Å². The number of rotatable bonds is 8. The third-order valence-corrected chi connectivity index (χ3v) is 9.89. The van der Waals surface area contributed by atoms with Crippen LogP contribution in [0.1, 0.15) is 0 Å². The molecule has 3 aromatic carbocycles.